The molecule has 10 heteroatoms. The van der Waals surface area contributed by atoms with Crippen molar-refractivity contribution in [3.05, 3.63) is 33.9 Å². The van der Waals surface area contributed by atoms with Gasteiger partial charge in [0.1, 0.15) is 30.2 Å². The van der Waals surface area contributed by atoms with Gasteiger partial charge >= 0.3 is 0 Å². The average Bonchev–Trinajstić information content (AvgIpc) is 2.55. The van der Waals surface area contributed by atoms with Gasteiger partial charge in [0.05, 0.1) is 17.4 Å². The number of nitro benzene ring substituents is 1. The second-order valence-corrected chi connectivity index (χ2v) is 5.27. The second kappa shape index (κ2) is 7.39. The number of non-ortho nitro benzene ring substituents is 1. The molecule has 0 aliphatic carbocycles. The third-order valence-electron chi connectivity index (χ3n) is 3.49. The van der Waals surface area contributed by atoms with Crippen LogP contribution in [0.5, 0.6) is 5.75 Å². The van der Waals surface area contributed by atoms with Crippen LogP contribution in [0.25, 0.3) is 0 Å². The van der Waals surface area contributed by atoms with Gasteiger partial charge in [0.2, 0.25) is 6.29 Å². The fourth-order valence-electron chi connectivity index (χ4n) is 2.19. The van der Waals surface area contributed by atoms with Gasteiger partial charge in [-0.2, -0.15) is 0 Å². The molecule has 1 saturated heterocycles. The van der Waals surface area contributed by atoms with Crippen molar-refractivity contribution in [1.29, 1.82) is 0 Å². The average molecular weight is 350 g/mol. The molecule has 1 fully saturated rings. The van der Waals surface area contributed by atoms with Gasteiger partial charge in [0, 0.05) is 17.7 Å². The molecule has 1 aromatic carbocycles. The normalized spacial score (nSPS) is 30.9. The van der Waals surface area contributed by atoms with Gasteiger partial charge in [-0.25, -0.2) is 0 Å². The highest BCUT2D eigenvalue weighted by atomic mass is 35.5. The first kappa shape index (κ1) is 17.9. The molecule has 1 aromatic rings. The molecular formula is C13H16ClNO8. The third-order valence-corrected chi connectivity index (χ3v) is 3.78. The molecule has 1 aliphatic heterocycles. The Hall–Kier alpha value is -1.49. The maximum atomic E-state index is 10.8. The zero-order valence-electron chi connectivity index (χ0n) is 11.8. The zero-order valence-corrected chi connectivity index (χ0v) is 12.5. The van der Waals surface area contributed by atoms with E-state index in [9.17, 15) is 25.4 Å². The van der Waals surface area contributed by atoms with Gasteiger partial charge in [-0.3, -0.25) is 10.1 Å². The van der Waals surface area contributed by atoms with Crippen LogP contribution < -0.4 is 4.74 Å². The van der Waals surface area contributed by atoms with Crippen molar-refractivity contribution < 1.29 is 34.8 Å². The fraction of sp³-hybridized carbons (Fsp3) is 0.538. The first-order valence-electron chi connectivity index (χ1n) is 6.69. The van der Waals surface area contributed by atoms with Crippen molar-refractivity contribution in [2.45, 2.75) is 36.6 Å². The van der Waals surface area contributed by atoms with E-state index < -0.39 is 42.2 Å². The molecule has 1 heterocycles. The van der Waals surface area contributed by atoms with Crippen LogP contribution in [0.15, 0.2) is 18.2 Å². The SMILES string of the molecule is O=[N+]([O-])c1ccc(O[C@@H]2O[C@H](CO)[C@@H](O)[C@H](O)[C@H]2O)c(CCl)c1. The van der Waals surface area contributed by atoms with E-state index in [1.54, 1.807) is 0 Å². The highest BCUT2D eigenvalue weighted by molar-refractivity contribution is 6.17. The Bertz CT molecular complexity index is 569. The molecule has 0 bridgehead atoms. The molecule has 9 nitrogen and oxygen atoms in total. The van der Waals surface area contributed by atoms with Crippen molar-refractivity contribution in [3.8, 4) is 5.75 Å². The number of aliphatic hydroxyl groups excluding tert-OH is 4. The molecule has 5 atom stereocenters. The first-order valence-corrected chi connectivity index (χ1v) is 7.23. The van der Waals surface area contributed by atoms with Crippen LogP contribution in [0.4, 0.5) is 5.69 Å². The van der Waals surface area contributed by atoms with E-state index in [-0.39, 0.29) is 22.9 Å². The van der Waals surface area contributed by atoms with Gasteiger partial charge in [0.15, 0.2) is 0 Å². The summed E-state index contributed by atoms with van der Waals surface area (Å²) in [6.45, 7) is -0.590. The molecule has 1 aliphatic rings. The van der Waals surface area contributed by atoms with Crippen molar-refractivity contribution in [1.82, 2.24) is 0 Å². The number of nitro groups is 1. The lowest BCUT2D eigenvalue weighted by molar-refractivity contribution is -0.385. The molecule has 0 unspecified atom stereocenters. The second-order valence-electron chi connectivity index (χ2n) is 5.00. The molecule has 0 spiro atoms. The topological polar surface area (TPSA) is 143 Å². The molecule has 23 heavy (non-hydrogen) atoms. The minimum atomic E-state index is -1.58. The largest absolute Gasteiger partial charge is 0.462 e. The Morgan fingerprint density at radius 2 is 1.96 bits per heavy atom. The zero-order chi connectivity index (χ0) is 17.1. The summed E-state index contributed by atoms with van der Waals surface area (Å²) in [7, 11) is 0. The maximum Gasteiger partial charge on any atom is 0.270 e. The summed E-state index contributed by atoms with van der Waals surface area (Å²) >= 11 is 5.74. The van der Waals surface area contributed by atoms with Crippen LogP contribution in [-0.2, 0) is 10.6 Å². The number of benzene rings is 1. The first-order chi connectivity index (χ1) is 10.9. The summed E-state index contributed by atoms with van der Waals surface area (Å²) in [5.41, 5.74) is 0.111. The summed E-state index contributed by atoms with van der Waals surface area (Å²) in [5.74, 6) is 0.0315. The molecule has 0 saturated carbocycles. The lowest BCUT2D eigenvalue weighted by atomic mass is 9.99. The number of hydrogen-bond donors (Lipinski definition) is 4. The predicted octanol–water partition coefficient (Wildman–Crippen LogP) is -0.488. The molecule has 0 amide bonds. The van der Waals surface area contributed by atoms with E-state index in [0.717, 1.165) is 0 Å². The van der Waals surface area contributed by atoms with E-state index in [1.807, 2.05) is 0 Å². The van der Waals surface area contributed by atoms with Crippen LogP contribution >= 0.6 is 11.6 Å². The standard InChI is InChI=1S/C13H16ClNO8/c14-4-6-3-7(15(20)21)1-2-8(6)22-13-12(19)11(18)10(17)9(5-16)23-13/h1-3,9-13,16-19H,4-5H2/t9-,10-,11+,12-,13-/m1/s1. The Kier molecular flexibility index (Phi) is 5.74. The Balaban J connectivity index is 2.22. The minimum Gasteiger partial charge on any atom is -0.462 e. The van der Waals surface area contributed by atoms with Crippen molar-refractivity contribution in [3.63, 3.8) is 0 Å². The smallest absolute Gasteiger partial charge is 0.270 e. The summed E-state index contributed by atoms with van der Waals surface area (Å²) < 4.78 is 10.6. The predicted molar refractivity (Wildman–Crippen MR) is 77.0 cm³/mol. The molecular weight excluding hydrogens is 334 g/mol. The summed E-state index contributed by atoms with van der Waals surface area (Å²) in [6, 6.07) is 3.69. The minimum absolute atomic E-state index is 0.0889. The summed E-state index contributed by atoms with van der Waals surface area (Å²) in [6.07, 6.45) is -7.15. The highest BCUT2D eigenvalue weighted by Gasteiger charge is 2.44. The molecule has 128 valence electrons. The molecule has 4 N–H and O–H groups in total. The number of hydrogen-bond acceptors (Lipinski definition) is 8. The van der Waals surface area contributed by atoms with E-state index in [4.69, 9.17) is 26.2 Å². The monoisotopic (exact) mass is 349 g/mol. The van der Waals surface area contributed by atoms with Gasteiger partial charge < -0.3 is 29.9 Å². The van der Waals surface area contributed by atoms with Crippen LogP contribution in [0.1, 0.15) is 5.56 Å². The number of rotatable bonds is 5. The molecule has 2 rings (SSSR count). The number of halogens is 1. The van der Waals surface area contributed by atoms with E-state index in [1.165, 1.54) is 18.2 Å². The van der Waals surface area contributed by atoms with Crippen molar-refractivity contribution in [2.24, 2.45) is 0 Å². The van der Waals surface area contributed by atoms with Crippen LogP contribution in [0.2, 0.25) is 0 Å². The lowest BCUT2D eigenvalue weighted by Crippen LogP contribution is -2.60. The number of aliphatic hydroxyl groups is 4. The molecule has 0 radical (unpaired) electrons. The molecule has 0 aromatic heterocycles. The lowest BCUT2D eigenvalue weighted by Gasteiger charge is -2.39. The Morgan fingerprint density at radius 3 is 2.52 bits per heavy atom. The van der Waals surface area contributed by atoms with Crippen molar-refractivity contribution >= 4 is 17.3 Å². The Morgan fingerprint density at radius 1 is 1.26 bits per heavy atom. The Labute approximate surface area is 135 Å². The quantitative estimate of drug-likeness (QED) is 0.317. The van der Waals surface area contributed by atoms with E-state index in [2.05, 4.69) is 0 Å². The fourth-order valence-corrected chi connectivity index (χ4v) is 2.40. The van der Waals surface area contributed by atoms with Gasteiger partial charge in [-0.05, 0) is 6.07 Å². The number of alkyl halides is 1. The van der Waals surface area contributed by atoms with Gasteiger partial charge in [0.25, 0.3) is 5.69 Å². The van der Waals surface area contributed by atoms with E-state index in [0.29, 0.717) is 0 Å². The van der Waals surface area contributed by atoms with Gasteiger partial charge in [-0.15, -0.1) is 11.6 Å². The van der Waals surface area contributed by atoms with Crippen molar-refractivity contribution in [2.75, 3.05) is 6.61 Å². The maximum absolute atomic E-state index is 10.8. The van der Waals surface area contributed by atoms with Crippen LogP contribution in [0, 0.1) is 10.1 Å². The summed E-state index contributed by atoms with van der Waals surface area (Å²) in [5, 5.41) is 49.2. The van der Waals surface area contributed by atoms with E-state index >= 15 is 0 Å². The van der Waals surface area contributed by atoms with Gasteiger partial charge in [-0.1, -0.05) is 0 Å². The number of ether oxygens (including phenoxy) is 2. The number of nitrogens with zero attached hydrogens (tertiary/aromatic N) is 1. The summed E-state index contributed by atoms with van der Waals surface area (Å²) in [4.78, 5) is 10.2. The highest BCUT2D eigenvalue weighted by Crippen LogP contribution is 2.29. The van der Waals surface area contributed by atoms with Crippen LogP contribution in [0.3, 0.4) is 0 Å². The third kappa shape index (κ3) is 3.71. The van der Waals surface area contributed by atoms with Crippen LogP contribution in [-0.4, -0.2) is 62.7 Å².